The van der Waals surface area contributed by atoms with Crippen LogP contribution < -0.4 is 21.4 Å². The van der Waals surface area contributed by atoms with E-state index in [4.69, 9.17) is 5.21 Å². The number of carbonyl (C=O) groups is 3. The smallest absolute Gasteiger partial charge is 0.268 e. The van der Waals surface area contributed by atoms with Crippen LogP contribution in [0.4, 0.5) is 5.69 Å². The van der Waals surface area contributed by atoms with E-state index in [9.17, 15) is 28.6 Å². The summed E-state index contributed by atoms with van der Waals surface area (Å²) in [6.07, 6.45) is 0.158. The summed E-state index contributed by atoms with van der Waals surface area (Å²) in [6.45, 7) is 1.85. The van der Waals surface area contributed by atoms with Gasteiger partial charge in [-0.15, -0.1) is 0 Å². The summed E-state index contributed by atoms with van der Waals surface area (Å²) in [4.78, 5) is 36.7. The normalized spacial score (nSPS) is 12.7. The van der Waals surface area contributed by atoms with Crippen molar-refractivity contribution >= 4 is 34.0 Å². The summed E-state index contributed by atoms with van der Waals surface area (Å²) in [6, 6.07) is 18.9. The maximum Gasteiger partial charge on any atom is 0.268 e. The first-order valence-corrected chi connectivity index (χ1v) is 14.4. The van der Waals surface area contributed by atoms with E-state index in [1.165, 1.54) is 30.8 Å². The van der Waals surface area contributed by atoms with Crippen LogP contribution in [0, 0.1) is 11.8 Å². The first kappa shape index (κ1) is 31.3. The Labute approximate surface area is 239 Å². The quantitative estimate of drug-likeness (QED) is 0.102. The minimum absolute atomic E-state index is 0.0919. The highest BCUT2D eigenvalue weighted by Gasteiger charge is 2.25. The van der Waals surface area contributed by atoms with Gasteiger partial charge in [-0.05, 0) is 73.2 Å². The molecule has 3 aromatic carbocycles. The lowest BCUT2D eigenvalue weighted by molar-refractivity contribution is -0.133. The lowest BCUT2D eigenvalue weighted by atomic mass is 10.1. The van der Waals surface area contributed by atoms with Gasteiger partial charge in [-0.3, -0.25) is 28.7 Å². The van der Waals surface area contributed by atoms with Crippen LogP contribution in [-0.2, 0) is 16.1 Å². The van der Waals surface area contributed by atoms with Gasteiger partial charge in [-0.1, -0.05) is 24.0 Å². The van der Waals surface area contributed by atoms with Crippen LogP contribution >= 0.6 is 10.6 Å². The van der Waals surface area contributed by atoms with Crippen LogP contribution in [0.2, 0.25) is 0 Å². The van der Waals surface area contributed by atoms with E-state index in [1.807, 2.05) is 0 Å². The van der Waals surface area contributed by atoms with E-state index >= 15 is 0 Å². The topological polar surface area (TPSA) is 180 Å². The molecular formula is C29H32N4O7S. The van der Waals surface area contributed by atoms with Gasteiger partial charge in [-0.2, -0.15) is 10.6 Å². The lowest BCUT2D eigenvalue weighted by Crippen LogP contribution is -2.51. The zero-order valence-corrected chi connectivity index (χ0v) is 23.2. The Balaban J connectivity index is 1.48. The fraction of sp³-hybridized carbons (Fsp3) is 0.207. The lowest BCUT2D eigenvalue weighted by Gasteiger charge is -2.26. The predicted molar refractivity (Wildman–Crippen MR) is 156 cm³/mol. The molecule has 0 bridgehead atoms. The molecule has 11 nitrogen and oxygen atoms in total. The number of amides is 3. The van der Waals surface area contributed by atoms with Crippen molar-refractivity contribution in [2.75, 3.05) is 18.1 Å². The van der Waals surface area contributed by atoms with Gasteiger partial charge in [0.05, 0.1) is 17.5 Å². The number of aliphatic hydroxyl groups excluding tert-OH is 1. The third kappa shape index (κ3) is 9.73. The Morgan fingerprint density at radius 3 is 1.95 bits per heavy atom. The Hall–Kier alpha value is -4.22. The molecule has 0 aromatic heterocycles. The Morgan fingerprint density at radius 2 is 1.44 bits per heavy atom. The van der Waals surface area contributed by atoms with Crippen LogP contribution in [0.5, 0.6) is 0 Å². The number of nitrogens with one attached hydrogen (secondary N) is 4. The number of rotatable bonds is 10. The number of benzene rings is 3. The average Bonchev–Trinajstić information content (AvgIpc) is 2.95. The first-order valence-electron chi connectivity index (χ1n) is 12.4. The molecule has 0 aliphatic rings. The Bertz CT molecular complexity index is 1410. The van der Waals surface area contributed by atoms with Gasteiger partial charge in [0.1, 0.15) is 6.04 Å². The van der Waals surface area contributed by atoms with Gasteiger partial charge in [0.15, 0.2) is 0 Å². The fourth-order valence-corrected chi connectivity index (χ4v) is 4.23. The van der Waals surface area contributed by atoms with Crippen LogP contribution in [0.3, 0.4) is 0 Å². The maximum atomic E-state index is 12.4. The third-order valence-corrected chi connectivity index (χ3v) is 6.98. The molecule has 41 heavy (non-hydrogen) atoms. The third-order valence-electron chi connectivity index (χ3n) is 5.81. The minimum atomic E-state index is -2.75. The fourth-order valence-electron chi connectivity index (χ4n) is 3.58. The number of anilines is 1. The monoisotopic (exact) mass is 580 g/mol. The van der Waals surface area contributed by atoms with Crippen molar-refractivity contribution in [1.29, 1.82) is 0 Å². The van der Waals surface area contributed by atoms with E-state index in [0.29, 0.717) is 28.3 Å². The highest BCUT2D eigenvalue weighted by atomic mass is 32.3. The van der Waals surface area contributed by atoms with Crippen LogP contribution in [0.25, 0.3) is 0 Å². The summed E-state index contributed by atoms with van der Waals surface area (Å²) in [5, 5.41) is 26.6. The van der Waals surface area contributed by atoms with E-state index in [1.54, 1.807) is 60.7 Å². The second-order valence-corrected chi connectivity index (χ2v) is 11.3. The molecule has 0 unspecified atom stereocenters. The molecule has 3 aromatic rings. The van der Waals surface area contributed by atoms with Gasteiger partial charge in [-0.25, -0.2) is 5.48 Å². The van der Waals surface area contributed by atoms with E-state index in [0.717, 1.165) is 5.56 Å². The van der Waals surface area contributed by atoms with Gasteiger partial charge in [0.25, 0.3) is 11.8 Å². The highest BCUT2D eigenvalue weighted by molar-refractivity contribution is 8.23. The summed E-state index contributed by atoms with van der Waals surface area (Å²) >= 11 is 0. The maximum absolute atomic E-state index is 12.4. The molecule has 0 saturated carbocycles. The molecule has 12 heteroatoms. The summed E-state index contributed by atoms with van der Waals surface area (Å²) in [5.41, 5.74) is 4.53. The molecule has 0 heterocycles. The van der Waals surface area contributed by atoms with Crippen molar-refractivity contribution in [2.45, 2.75) is 30.5 Å². The molecule has 0 radical (unpaired) electrons. The predicted octanol–water partition coefficient (Wildman–Crippen LogP) is 2.54. The van der Waals surface area contributed by atoms with E-state index in [2.05, 4.69) is 27.8 Å². The molecule has 0 saturated heterocycles. The first-order chi connectivity index (χ1) is 19.5. The van der Waals surface area contributed by atoms with Crippen LogP contribution in [-0.4, -0.2) is 62.1 Å². The van der Waals surface area contributed by atoms with Gasteiger partial charge in [0, 0.05) is 35.2 Å². The molecule has 0 aliphatic heterocycles. The Kier molecular flexibility index (Phi) is 11.0. The summed E-state index contributed by atoms with van der Waals surface area (Å²) in [7, 11) is -2.75. The number of hydrogen-bond donors (Lipinski definition) is 8. The van der Waals surface area contributed by atoms with Crippen molar-refractivity contribution in [2.24, 2.45) is 0 Å². The second kappa shape index (κ2) is 14.4. The number of aliphatic hydroxyl groups is 1. The minimum Gasteiger partial charge on any atom is -0.391 e. The van der Waals surface area contributed by atoms with Crippen LogP contribution in [0.1, 0.15) is 34.0 Å². The number of hydrogen-bond acceptors (Lipinski definition) is 8. The zero-order valence-electron chi connectivity index (χ0n) is 22.4. The standard InChI is InChI=1S/C29H32N4O7S/c1-19(34)27(29(37)33-38)32-28(36)23-11-5-20(6-12-23)3-4-21-7-13-24(14-8-21)31-26(35)18-30-17-22-9-15-25(16-10-22)41(2,39)40/h5-16,19,27,30,34,38-40H,17-18H2,1-2H3,(H,31,35)(H,32,36)(H,33,37)/t19-,27+/m1/s1. The SMILES string of the molecule is C[C@@H](O)[C@H](NC(=O)c1ccc(C#Cc2ccc(NC(=O)CNCc3ccc(S(C)(O)O)cc3)cc2)cc1)C(=O)NO. The summed E-state index contributed by atoms with van der Waals surface area (Å²) < 4.78 is 19.4. The van der Waals surface area contributed by atoms with Crippen molar-refractivity contribution < 1.29 is 33.8 Å². The summed E-state index contributed by atoms with van der Waals surface area (Å²) in [5.74, 6) is 4.24. The molecular weight excluding hydrogens is 548 g/mol. The molecule has 2 atom stereocenters. The molecule has 3 rings (SSSR count). The average molecular weight is 581 g/mol. The van der Waals surface area contributed by atoms with Crippen molar-refractivity contribution in [3.8, 4) is 11.8 Å². The van der Waals surface area contributed by atoms with Crippen molar-refractivity contribution in [3.63, 3.8) is 0 Å². The molecule has 3 amide bonds. The van der Waals surface area contributed by atoms with E-state index in [-0.39, 0.29) is 18.0 Å². The van der Waals surface area contributed by atoms with Gasteiger partial charge < -0.3 is 21.1 Å². The zero-order chi connectivity index (χ0) is 30.0. The Morgan fingerprint density at radius 1 is 0.878 bits per heavy atom. The van der Waals surface area contributed by atoms with Gasteiger partial charge in [0.2, 0.25) is 5.91 Å². The molecule has 0 spiro atoms. The largest absolute Gasteiger partial charge is 0.391 e. The number of hydroxylamine groups is 1. The number of carbonyl (C=O) groups excluding carboxylic acids is 3. The van der Waals surface area contributed by atoms with Gasteiger partial charge >= 0.3 is 0 Å². The highest BCUT2D eigenvalue weighted by Crippen LogP contribution is 2.43. The molecule has 0 aliphatic carbocycles. The van der Waals surface area contributed by atoms with Crippen molar-refractivity contribution in [3.05, 3.63) is 95.1 Å². The van der Waals surface area contributed by atoms with Crippen LogP contribution in [0.15, 0.2) is 77.7 Å². The van der Waals surface area contributed by atoms with E-state index < -0.39 is 34.5 Å². The molecule has 8 N–H and O–H groups in total. The molecule has 216 valence electrons. The molecule has 0 fully saturated rings. The second-order valence-electron chi connectivity index (χ2n) is 9.20. The van der Waals surface area contributed by atoms with Crippen molar-refractivity contribution in [1.82, 2.24) is 16.1 Å².